The van der Waals surface area contributed by atoms with Gasteiger partial charge in [0.15, 0.2) is 0 Å². The van der Waals surface area contributed by atoms with Crippen LogP contribution in [0.4, 0.5) is 0 Å². The monoisotopic (exact) mass is 341 g/mol. The first-order chi connectivity index (χ1) is 11.8. The van der Waals surface area contributed by atoms with Gasteiger partial charge in [0.1, 0.15) is 11.3 Å². The summed E-state index contributed by atoms with van der Waals surface area (Å²) < 4.78 is 10.8. The molecule has 1 saturated heterocycles. The van der Waals surface area contributed by atoms with E-state index < -0.39 is 0 Å². The van der Waals surface area contributed by atoms with E-state index in [0.29, 0.717) is 6.42 Å². The number of fused-ring (bicyclic) bond motifs is 1. The van der Waals surface area contributed by atoms with Gasteiger partial charge in [-0.1, -0.05) is 6.07 Å². The highest BCUT2D eigenvalue weighted by molar-refractivity contribution is 7.10. The summed E-state index contributed by atoms with van der Waals surface area (Å²) in [6, 6.07) is 10.1. The largest absolute Gasteiger partial charge is 0.497 e. The lowest BCUT2D eigenvalue weighted by atomic mass is 10.1. The van der Waals surface area contributed by atoms with Crippen LogP contribution in [0.1, 0.15) is 29.3 Å². The molecular weight excluding hydrogens is 322 g/mol. The van der Waals surface area contributed by atoms with Gasteiger partial charge in [-0.05, 0) is 36.4 Å². The summed E-state index contributed by atoms with van der Waals surface area (Å²) in [5, 5.41) is 3.06. The summed E-state index contributed by atoms with van der Waals surface area (Å²) in [4.78, 5) is 16.2. The molecule has 1 aliphatic rings. The average molecular weight is 341 g/mol. The second-order valence-electron chi connectivity index (χ2n) is 6.06. The topological polar surface area (TPSA) is 42.7 Å². The van der Waals surface area contributed by atoms with Crippen molar-refractivity contribution >= 4 is 28.2 Å². The van der Waals surface area contributed by atoms with Gasteiger partial charge in [0.25, 0.3) is 0 Å². The maximum atomic E-state index is 12.8. The van der Waals surface area contributed by atoms with Gasteiger partial charge in [-0.25, -0.2) is 0 Å². The lowest BCUT2D eigenvalue weighted by Gasteiger charge is -2.23. The molecule has 0 saturated carbocycles. The van der Waals surface area contributed by atoms with E-state index in [0.717, 1.165) is 41.7 Å². The zero-order valence-corrected chi connectivity index (χ0v) is 14.3. The van der Waals surface area contributed by atoms with Gasteiger partial charge in [0.05, 0.1) is 25.8 Å². The van der Waals surface area contributed by atoms with Crippen molar-refractivity contribution in [1.82, 2.24) is 4.90 Å². The number of likely N-dealkylation sites (tertiary alicyclic amines) is 1. The van der Waals surface area contributed by atoms with Crippen LogP contribution in [-0.2, 0) is 11.2 Å². The van der Waals surface area contributed by atoms with Crippen molar-refractivity contribution in [1.29, 1.82) is 0 Å². The number of hydrogen-bond donors (Lipinski definition) is 0. The highest BCUT2D eigenvalue weighted by atomic mass is 32.1. The minimum absolute atomic E-state index is 0.171. The summed E-state index contributed by atoms with van der Waals surface area (Å²) in [7, 11) is 1.63. The van der Waals surface area contributed by atoms with E-state index in [1.165, 1.54) is 4.88 Å². The Kier molecular flexibility index (Phi) is 4.02. The smallest absolute Gasteiger partial charge is 0.227 e. The number of thiophene rings is 1. The van der Waals surface area contributed by atoms with Gasteiger partial charge in [0, 0.05) is 28.4 Å². The van der Waals surface area contributed by atoms with Crippen LogP contribution < -0.4 is 4.74 Å². The molecule has 1 aliphatic heterocycles. The maximum absolute atomic E-state index is 12.8. The summed E-state index contributed by atoms with van der Waals surface area (Å²) >= 11 is 1.73. The van der Waals surface area contributed by atoms with Gasteiger partial charge in [-0.15, -0.1) is 11.3 Å². The molecular formula is C19H19NO3S. The first-order valence-electron chi connectivity index (χ1n) is 8.13. The molecule has 1 atom stereocenters. The molecule has 1 fully saturated rings. The number of benzene rings is 1. The average Bonchev–Trinajstić information content (AvgIpc) is 3.34. The Morgan fingerprint density at radius 3 is 3.12 bits per heavy atom. The number of carbonyl (C=O) groups is 1. The highest BCUT2D eigenvalue weighted by Gasteiger charge is 2.30. The molecule has 5 heteroatoms. The van der Waals surface area contributed by atoms with Crippen LogP contribution in [0.3, 0.4) is 0 Å². The molecule has 0 aliphatic carbocycles. The summed E-state index contributed by atoms with van der Waals surface area (Å²) in [5.41, 5.74) is 1.70. The Bertz CT molecular complexity index is 853. The number of methoxy groups -OCH3 is 1. The first-order valence-corrected chi connectivity index (χ1v) is 9.01. The molecule has 0 unspecified atom stereocenters. The van der Waals surface area contributed by atoms with Crippen molar-refractivity contribution in [2.24, 2.45) is 0 Å². The maximum Gasteiger partial charge on any atom is 0.227 e. The number of carbonyl (C=O) groups excluding carboxylic acids is 1. The van der Waals surface area contributed by atoms with Gasteiger partial charge in [0.2, 0.25) is 5.91 Å². The van der Waals surface area contributed by atoms with Crippen molar-refractivity contribution in [2.45, 2.75) is 25.3 Å². The molecule has 4 rings (SSSR count). The summed E-state index contributed by atoms with van der Waals surface area (Å²) in [6.07, 6.45) is 4.19. The van der Waals surface area contributed by atoms with E-state index in [2.05, 4.69) is 17.5 Å². The normalized spacial score (nSPS) is 17.5. The quantitative estimate of drug-likeness (QED) is 0.706. The van der Waals surface area contributed by atoms with Crippen LogP contribution in [-0.4, -0.2) is 24.5 Å². The number of rotatable bonds is 4. The highest BCUT2D eigenvalue weighted by Crippen LogP contribution is 2.35. The van der Waals surface area contributed by atoms with Crippen LogP contribution >= 0.6 is 11.3 Å². The fraction of sp³-hybridized carbons (Fsp3) is 0.316. The van der Waals surface area contributed by atoms with Gasteiger partial charge in [-0.2, -0.15) is 0 Å². The Balaban J connectivity index is 1.55. The van der Waals surface area contributed by atoms with Crippen molar-refractivity contribution in [2.75, 3.05) is 13.7 Å². The van der Waals surface area contributed by atoms with Gasteiger partial charge >= 0.3 is 0 Å². The lowest BCUT2D eigenvalue weighted by molar-refractivity contribution is -0.131. The van der Waals surface area contributed by atoms with E-state index in [1.807, 2.05) is 23.1 Å². The third kappa shape index (κ3) is 2.69. The molecule has 3 aromatic rings. The van der Waals surface area contributed by atoms with Gasteiger partial charge < -0.3 is 14.1 Å². The number of ether oxygens (including phenoxy) is 1. The minimum Gasteiger partial charge on any atom is -0.497 e. The van der Waals surface area contributed by atoms with Gasteiger partial charge in [-0.3, -0.25) is 4.79 Å². The van der Waals surface area contributed by atoms with Crippen molar-refractivity contribution in [3.63, 3.8) is 0 Å². The third-order valence-electron chi connectivity index (χ3n) is 4.65. The number of furan rings is 1. The molecule has 4 nitrogen and oxygen atoms in total. The Morgan fingerprint density at radius 1 is 1.42 bits per heavy atom. The predicted molar refractivity (Wildman–Crippen MR) is 94.5 cm³/mol. The number of amides is 1. The van der Waals surface area contributed by atoms with E-state index in [1.54, 1.807) is 24.7 Å². The van der Waals surface area contributed by atoms with Crippen LogP contribution in [0.25, 0.3) is 11.0 Å². The van der Waals surface area contributed by atoms with Crippen molar-refractivity contribution in [3.8, 4) is 5.75 Å². The van der Waals surface area contributed by atoms with Crippen LogP contribution in [0, 0.1) is 0 Å². The minimum atomic E-state index is 0.171. The predicted octanol–water partition coefficient (Wildman–Crippen LogP) is 4.41. The van der Waals surface area contributed by atoms with Crippen LogP contribution in [0.5, 0.6) is 5.75 Å². The molecule has 2 aromatic heterocycles. The van der Waals surface area contributed by atoms with E-state index in [9.17, 15) is 4.79 Å². The zero-order chi connectivity index (χ0) is 16.5. The van der Waals surface area contributed by atoms with E-state index >= 15 is 0 Å². The summed E-state index contributed by atoms with van der Waals surface area (Å²) in [6.45, 7) is 0.838. The molecule has 0 bridgehead atoms. The third-order valence-corrected chi connectivity index (χ3v) is 5.62. The Labute approximate surface area is 144 Å². The molecule has 124 valence electrons. The molecule has 1 amide bonds. The number of nitrogens with zero attached hydrogens (tertiary/aromatic N) is 1. The van der Waals surface area contributed by atoms with Crippen molar-refractivity contribution < 1.29 is 13.9 Å². The first kappa shape index (κ1) is 15.3. The summed E-state index contributed by atoms with van der Waals surface area (Å²) in [5.74, 6) is 0.927. The zero-order valence-electron chi connectivity index (χ0n) is 13.5. The number of hydrogen-bond acceptors (Lipinski definition) is 4. The SMILES string of the molecule is COc1ccc2c(CC(=O)N3CCC[C@@H]3c3cccs3)coc2c1. The van der Waals surface area contributed by atoms with Crippen LogP contribution in [0.15, 0.2) is 46.4 Å². The lowest BCUT2D eigenvalue weighted by Crippen LogP contribution is -2.31. The van der Waals surface area contributed by atoms with E-state index in [4.69, 9.17) is 9.15 Å². The fourth-order valence-corrected chi connectivity index (χ4v) is 4.31. The second-order valence-corrected chi connectivity index (χ2v) is 7.04. The molecule has 0 spiro atoms. The van der Waals surface area contributed by atoms with Crippen molar-refractivity contribution in [3.05, 3.63) is 52.4 Å². The molecule has 3 heterocycles. The Morgan fingerprint density at radius 2 is 2.33 bits per heavy atom. The molecule has 24 heavy (non-hydrogen) atoms. The second kappa shape index (κ2) is 6.32. The molecule has 0 radical (unpaired) electrons. The standard InChI is InChI=1S/C19H19NO3S/c1-22-14-6-7-15-13(12-23-17(15)11-14)10-19(21)20-8-2-4-16(20)18-5-3-9-24-18/h3,5-7,9,11-12,16H,2,4,8,10H2,1H3/t16-/m1/s1. The van der Waals surface area contributed by atoms with E-state index in [-0.39, 0.29) is 11.9 Å². The Hall–Kier alpha value is -2.27. The molecule has 0 N–H and O–H groups in total. The fourth-order valence-electron chi connectivity index (χ4n) is 3.43. The molecule has 1 aromatic carbocycles. The van der Waals surface area contributed by atoms with Crippen LogP contribution in [0.2, 0.25) is 0 Å².